The highest BCUT2D eigenvalue weighted by Crippen LogP contribution is 2.34. The van der Waals surface area contributed by atoms with Crippen molar-refractivity contribution in [3.05, 3.63) is 48.0 Å². The van der Waals surface area contributed by atoms with Gasteiger partial charge in [-0.15, -0.1) is 0 Å². The number of para-hydroxylation sites is 1. The Balaban J connectivity index is 1.80. The van der Waals surface area contributed by atoms with Gasteiger partial charge in [0.05, 0.1) is 12.8 Å². The van der Waals surface area contributed by atoms with Crippen LogP contribution in [-0.2, 0) is 6.42 Å². The van der Waals surface area contributed by atoms with Crippen LogP contribution in [0, 0.1) is 0 Å². The van der Waals surface area contributed by atoms with Gasteiger partial charge in [-0.25, -0.2) is 0 Å². The fourth-order valence-corrected chi connectivity index (χ4v) is 4.05. The predicted octanol–water partition coefficient (Wildman–Crippen LogP) is 5.36. The predicted molar refractivity (Wildman–Crippen MR) is 103 cm³/mol. The number of methoxy groups -OCH3 is 1. The van der Waals surface area contributed by atoms with Crippen molar-refractivity contribution >= 4 is 17.4 Å². The first-order valence-corrected chi connectivity index (χ1v) is 9.73. The van der Waals surface area contributed by atoms with Crippen LogP contribution in [-0.4, -0.2) is 24.7 Å². The molecule has 3 rings (SSSR count). The second-order valence-corrected chi connectivity index (χ2v) is 7.18. The molecule has 0 bridgehead atoms. The number of nitrogens with one attached hydrogen (secondary N) is 1. The first-order valence-electron chi connectivity index (χ1n) is 8.58. The Bertz CT molecular complexity index is 668. The summed E-state index contributed by atoms with van der Waals surface area (Å²) < 4.78 is 11.6. The van der Waals surface area contributed by atoms with Gasteiger partial charge in [-0.05, 0) is 54.5 Å². The normalized spacial score (nSPS) is 15.1. The van der Waals surface area contributed by atoms with E-state index in [0.717, 1.165) is 29.4 Å². The number of anilines is 1. The summed E-state index contributed by atoms with van der Waals surface area (Å²) >= 11 is 2.03. The number of rotatable bonds is 6. The van der Waals surface area contributed by atoms with Crippen LogP contribution in [0.3, 0.4) is 0 Å². The van der Waals surface area contributed by atoms with Crippen molar-refractivity contribution < 1.29 is 9.47 Å². The van der Waals surface area contributed by atoms with Crippen molar-refractivity contribution in [3.63, 3.8) is 0 Å². The monoisotopic (exact) mass is 343 g/mol. The standard InChI is InChI=1S/C20H25NO2S/c1-3-15-6-4-5-7-19(15)23-17-8-9-20(22-2)18(14-17)21-16-10-12-24-13-11-16/h4-9,14,16,21H,3,10-13H2,1-2H3. The second-order valence-electron chi connectivity index (χ2n) is 5.96. The number of benzene rings is 2. The highest BCUT2D eigenvalue weighted by Gasteiger charge is 2.16. The van der Waals surface area contributed by atoms with Gasteiger partial charge < -0.3 is 14.8 Å². The summed E-state index contributed by atoms with van der Waals surface area (Å²) in [6, 6.07) is 14.7. The molecule has 1 aliphatic rings. The quantitative estimate of drug-likeness (QED) is 0.765. The molecule has 3 nitrogen and oxygen atoms in total. The zero-order chi connectivity index (χ0) is 16.8. The number of ether oxygens (including phenoxy) is 2. The van der Waals surface area contributed by atoms with Crippen LogP contribution in [0.15, 0.2) is 42.5 Å². The molecule has 1 fully saturated rings. The summed E-state index contributed by atoms with van der Waals surface area (Å²) in [5.41, 5.74) is 2.23. The van der Waals surface area contributed by atoms with Gasteiger partial charge in [0.15, 0.2) is 0 Å². The van der Waals surface area contributed by atoms with Crippen LogP contribution in [0.1, 0.15) is 25.3 Å². The van der Waals surface area contributed by atoms with E-state index in [0.29, 0.717) is 6.04 Å². The molecule has 2 aromatic carbocycles. The Hall–Kier alpha value is -1.81. The number of thioether (sulfide) groups is 1. The zero-order valence-electron chi connectivity index (χ0n) is 14.4. The lowest BCUT2D eigenvalue weighted by atomic mass is 10.1. The molecule has 2 aromatic rings. The lowest BCUT2D eigenvalue weighted by Gasteiger charge is -2.25. The summed E-state index contributed by atoms with van der Waals surface area (Å²) in [6.45, 7) is 2.14. The van der Waals surface area contributed by atoms with E-state index in [2.05, 4.69) is 18.3 Å². The van der Waals surface area contributed by atoms with Gasteiger partial charge >= 0.3 is 0 Å². The Morgan fingerprint density at radius 3 is 2.62 bits per heavy atom. The molecule has 0 atom stereocenters. The van der Waals surface area contributed by atoms with Crippen LogP contribution in [0.2, 0.25) is 0 Å². The molecule has 1 aliphatic heterocycles. The van der Waals surface area contributed by atoms with Crippen LogP contribution in [0.5, 0.6) is 17.2 Å². The summed E-state index contributed by atoms with van der Waals surface area (Å²) in [5, 5.41) is 3.64. The lowest BCUT2D eigenvalue weighted by Crippen LogP contribution is -2.24. The first-order chi connectivity index (χ1) is 11.8. The molecule has 0 unspecified atom stereocenters. The number of hydrogen-bond acceptors (Lipinski definition) is 4. The van der Waals surface area contributed by atoms with E-state index < -0.39 is 0 Å². The molecular formula is C20H25NO2S. The minimum atomic E-state index is 0.512. The van der Waals surface area contributed by atoms with Crippen molar-refractivity contribution in [1.82, 2.24) is 0 Å². The molecule has 0 spiro atoms. The van der Waals surface area contributed by atoms with Crippen molar-refractivity contribution in [2.45, 2.75) is 32.2 Å². The van der Waals surface area contributed by atoms with Crippen molar-refractivity contribution in [2.24, 2.45) is 0 Å². The Morgan fingerprint density at radius 2 is 1.88 bits per heavy atom. The topological polar surface area (TPSA) is 30.5 Å². The maximum Gasteiger partial charge on any atom is 0.142 e. The highest BCUT2D eigenvalue weighted by atomic mass is 32.2. The van der Waals surface area contributed by atoms with E-state index in [-0.39, 0.29) is 0 Å². The third-order valence-corrected chi connectivity index (χ3v) is 5.38. The van der Waals surface area contributed by atoms with E-state index in [4.69, 9.17) is 9.47 Å². The molecule has 1 heterocycles. The van der Waals surface area contributed by atoms with Crippen LogP contribution in [0.25, 0.3) is 0 Å². The molecule has 0 aliphatic carbocycles. The summed E-state index contributed by atoms with van der Waals surface area (Å²) in [6.07, 6.45) is 3.34. The average molecular weight is 343 g/mol. The van der Waals surface area contributed by atoms with Gasteiger partial charge in [-0.2, -0.15) is 11.8 Å². The average Bonchev–Trinajstić information content (AvgIpc) is 2.63. The largest absolute Gasteiger partial charge is 0.495 e. The Kier molecular flexibility index (Phi) is 5.91. The van der Waals surface area contributed by atoms with E-state index in [1.165, 1.54) is 29.9 Å². The molecule has 24 heavy (non-hydrogen) atoms. The van der Waals surface area contributed by atoms with Gasteiger partial charge in [-0.3, -0.25) is 0 Å². The van der Waals surface area contributed by atoms with Crippen LogP contribution < -0.4 is 14.8 Å². The van der Waals surface area contributed by atoms with E-state index in [1.54, 1.807) is 7.11 Å². The van der Waals surface area contributed by atoms with Crippen LogP contribution >= 0.6 is 11.8 Å². The van der Waals surface area contributed by atoms with E-state index in [1.807, 2.05) is 48.2 Å². The SMILES string of the molecule is CCc1ccccc1Oc1ccc(OC)c(NC2CCSCC2)c1. The van der Waals surface area contributed by atoms with Crippen molar-refractivity contribution in [3.8, 4) is 17.2 Å². The molecule has 128 valence electrons. The fourth-order valence-electron chi connectivity index (χ4n) is 2.95. The maximum absolute atomic E-state index is 6.13. The highest BCUT2D eigenvalue weighted by molar-refractivity contribution is 7.99. The van der Waals surface area contributed by atoms with Gasteiger partial charge in [0.1, 0.15) is 17.2 Å². The molecule has 0 radical (unpaired) electrons. The first kappa shape index (κ1) is 17.0. The molecule has 1 N–H and O–H groups in total. The summed E-state index contributed by atoms with van der Waals surface area (Å²) in [7, 11) is 1.71. The van der Waals surface area contributed by atoms with Gasteiger partial charge in [0.25, 0.3) is 0 Å². The van der Waals surface area contributed by atoms with Gasteiger partial charge in [0.2, 0.25) is 0 Å². The smallest absolute Gasteiger partial charge is 0.142 e. The zero-order valence-corrected chi connectivity index (χ0v) is 15.2. The summed E-state index contributed by atoms with van der Waals surface area (Å²) in [5.74, 6) is 5.07. The number of aryl methyl sites for hydroxylation is 1. The molecule has 0 amide bonds. The van der Waals surface area contributed by atoms with Crippen molar-refractivity contribution in [1.29, 1.82) is 0 Å². The summed E-state index contributed by atoms with van der Waals surface area (Å²) in [4.78, 5) is 0. The van der Waals surface area contributed by atoms with E-state index in [9.17, 15) is 0 Å². The molecule has 0 saturated carbocycles. The lowest BCUT2D eigenvalue weighted by molar-refractivity contribution is 0.413. The molecule has 4 heteroatoms. The third-order valence-electron chi connectivity index (χ3n) is 4.33. The fraction of sp³-hybridized carbons (Fsp3) is 0.400. The minimum Gasteiger partial charge on any atom is -0.495 e. The van der Waals surface area contributed by atoms with Crippen molar-refractivity contribution in [2.75, 3.05) is 23.9 Å². The minimum absolute atomic E-state index is 0.512. The van der Waals surface area contributed by atoms with Crippen LogP contribution in [0.4, 0.5) is 5.69 Å². The second kappa shape index (κ2) is 8.34. The molecule has 0 aromatic heterocycles. The molecule has 1 saturated heterocycles. The number of hydrogen-bond donors (Lipinski definition) is 1. The van der Waals surface area contributed by atoms with Gasteiger partial charge in [-0.1, -0.05) is 25.1 Å². The van der Waals surface area contributed by atoms with Gasteiger partial charge in [0, 0.05) is 12.1 Å². The Morgan fingerprint density at radius 1 is 1.08 bits per heavy atom. The Labute approximate surface area is 148 Å². The maximum atomic E-state index is 6.13. The third kappa shape index (κ3) is 4.18. The van der Waals surface area contributed by atoms with E-state index >= 15 is 0 Å². The molecular weight excluding hydrogens is 318 g/mol.